The van der Waals surface area contributed by atoms with Crippen LogP contribution in [0.15, 0.2) is 84.1 Å². The molecule has 0 aliphatic rings. The summed E-state index contributed by atoms with van der Waals surface area (Å²) in [4.78, 5) is 26.1. The van der Waals surface area contributed by atoms with Gasteiger partial charge in [0, 0.05) is 28.4 Å². The van der Waals surface area contributed by atoms with Crippen LogP contribution in [0.5, 0.6) is 0 Å². The van der Waals surface area contributed by atoms with E-state index in [-0.39, 0.29) is 17.3 Å². The SMILES string of the molecule is Cc1cccc(NC(=O)c2c(N)n(N=Cc3c[nH]c4ccccc34)c3nc4ccccc4nc23)c1. The zero-order valence-corrected chi connectivity index (χ0v) is 18.9. The fraction of sp³-hybridized carbons (Fsp3) is 0.0370. The number of nitrogens with one attached hydrogen (secondary N) is 2. The third-order valence-corrected chi connectivity index (χ3v) is 5.91. The Kier molecular flexibility index (Phi) is 4.77. The molecule has 0 saturated heterocycles. The predicted molar refractivity (Wildman–Crippen MR) is 140 cm³/mol. The highest BCUT2D eigenvalue weighted by atomic mass is 16.1. The lowest BCUT2D eigenvalue weighted by molar-refractivity contribution is 0.102. The highest BCUT2D eigenvalue weighted by molar-refractivity contribution is 6.16. The lowest BCUT2D eigenvalue weighted by Gasteiger charge is -2.06. The third-order valence-electron chi connectivity index (χ3n) is 5.91. The molecule has 0 unspecified atom stereocenters. The molecule has 0 spiro atoms. The Hall–Kier alpha value is -4.98. The first-order valence-electron chi connectivity index (χ1n) is 11.1. The summed E-state index contributed by atoms with van der Waals surface area (Å²) in [6.45, 7) is 1.97. The van der Waals surface area contributed by atoms with Gasteiger partial charge in [-0.2, -0.15) is 9.78 Å². The number of aromatic amines is 1. The fourth-order valence-corrected chi connectivity index (χ4v) is 4.23. The van der Waals surface area contributed by atoms with Crippen molar-refractivity contribution in [3.05, 3.63) is 95.7 Å². The van der Waals surface area contributed by atoms with Crippen molar-refractivity contribution in [2.45, 2.75) is 6.92 Å². The summed E-state index contributed by atoms with van der Waals surface area (Å²) < 4.78 is 1.47. The average molecular weight is 460 g/mol. The van der Waals surface area contributed by atoms with Crippen LogP contribution in [-0.2, 0) is 0 Å². The van der Waals surface area contributed by atoms with E-state index in [1.54, 1.807) is 6.21 Å². The summed E-state index contributed by atoms with van der Waals surface area (Å²) in [5.41, 5.74) is 12.5. The molecule has 170 valence electrons. The summed E-state index contributed by atoms with van der Waals surface area (Å²) in [5, 5.41) is 8.58. The van der Waals surface area contributed by atoms with E-state index in [1.165, 1.54) is 4.68 Å². The molecule has 6 aromatic rings. The van der Waals surface area contributed by atoms with Gasteiger partial charge in [0.1, 0.15) is 16.9 Å². The maximum atomic E-state index is 13.4. The molecule has 6 rings (SSSR count). The number of aromatic nitrogens is 4. The second kappa shape index (κ2) is 8.11. The maximum absolute atomic E-state index is 13.4. The second-order valence-electron chi connectivity index (χ2n) is 8.31. The lowest BCUT2D eigenvalue weighted by Crippen LogP contribution is -2.14. The van der Waals surface area contributed by atoms with Crippen molar-refractivity contribution in [1.29, 1.82) is 0 Å². The van der Waals surface area contributed by atoms with E-state index >= 15 is 0 Å². The first kappa shape index (κ1) is 20.6. The van der Waals surface area contributed by atoms with E-state index in [0.29, 0.717) is 27.9 Å². The Labute approximate surface area is 200 Å². The van der Waals surface area contributed by atoms with Crippen LogP contribution < -0.4 is 11.1 Å². The zero-order chi connectivity index (χ0) is 23.9. The standard InChI is InChI=1S/C27H21N7O/c1-16-7-6-8-18(13-16)31-27(35)23-24-26(33-22-12-5-4-11-21(22)32-24)34(25(23)28)30-15-17-14-29-20-10-3-2-9-19(17)20/h2-15,29H,28H2,1H3,(H,31,35). The molecular weight excluding hydrogens is 438 g/mol. The molecule has 1 amide bonds. The van der Waals surface area contributed by atoms with E-state index in [0.717, 1.165) is 22.0 Å². The first-order chi connectivity index (χ1) is 17.1. The molecule has 0 radical (unpaired) electrons. The number of amides is 1. The third kappa shape index (κ3) is 3.57. The zero-order valence-electron chi connectivity index (χ0n) is 18.9. The smallest absolute Gasteiger partial charge is 0.261 e. The van der Waals surface area contributed by atoms with Crippen molar-refractivity contribution < 1.29 is 4.79 Å². The highest BCUT2D eigenvalue weighted by Crippen LogP contribution is 2.29. The topological polar surface area (TPSA) is 114 Å². The molecule has 3 aromatic carbocycles. The number of benzene rings is 3. The van der Waals surface area contributed by atoms with Crippen molar-refractivity contribution in [3.63, 3.8) is 0 Å². The Balaban J connectivity index is 1.51. The number of anilines is 2. The van der Waals surface area contributed by atoms with Gasteiger partial charge < -0.3 is 16.0 Å². The molecule has 0 saturated carbocycles. The minimum absolute atomic E-state index is 0.163. The molecule has 0 aliphatic heterocycles. The molecule has 0 aliphatic carbocycles. The molecule has 8 nitrogen and oxygen atoms in total. The molecule has 0 fully saturated rings. The van der Waals surface area contributed by atoms with Gasteiger partial charge in [-0.15, -0.1) is 0 Å². The number of hydrogen-bond donors (Lipinski definition) is 3. The molecule has 35 heavy (non-hydrogen) atoms. The average Bonchev–Trinajstić information content (AvgIpc) is 3.39. The van der Waals surface area contributed by atoms with Gasteiger partial charge in [-0.25, -0.2) is 9.97 Å². The van der Waals surface area contributed by atoms with Crippen LogP contribution in [-0.4, -0.2) is 31.7 Å². The number of carbonyl (C=O) groups is 1. The predicted octanol–water partition coefficient (Wildman–Crippen LogP) is 5.09. The number of carbonyl (C=O) groups excluding carboxylic acids is 1. The van der Waals surface area contributed by atoms with Crippen molar-refractivity contribution >= 4 is 56.7 Å². The minimum Gasteiger partial charge on any atom is -0.383 e. The number of para-hydroxylation sites is 3. The molecular formula is C27H21N7O. The number of rotatable bonds is 4. The monoisotopic (exact) mass is 459 g/mol. The van der Waals surface area contributed by atoms with Gasteiger partial charge in [0.2, 0.25) is 0 Å². The van der Waals surface area contributed by atoms with Gasteiger partial charge in [-0.05, 0) is 42.8 Å². The molecule has 3 heterocycles. The summed E-state index contributed by atoms with van der Waals surface area (Å²) in [6, 6.07) is 23.0. The Morgan fingerprint density at radius 2 is 1.80 bits per heavy atom. The highest BCUT2D eigenvalue weighted by Gasteiger charge is 2.24. The van der Waals surface area contributed by atoms with Gasteiger partial charge in [0.15, 0.2) is 5.65 Å². The molecule has 4 N–H and O–H groups in total. The van der Waals surface area contributed by atoms with Crippen LogP contribution in [0.1, 0.15) is 21.5 Å². The molecule has 0 atom stereocenters. The van der Waals surface area contributed by atoms with E-state index in [2.05, 4.69) is 15.4 Å². The van der Waals surface area contributed by atoms with Crippen LogP contribution >= 0.6 is 0 Å². The summed E-state index contributed by atoms with van der Waals surface area (Å²) in [6.07, 6.45) is 3.58. The second-order valence-corrected chi connectivity index (χ2v) is 8.31. The van der Waals surface area contributed by atoms with Crippen LogP contribution in [0.4, 0.5) is 11.5 Å². The number of H-pyrrole nitrogens is 1. The largest absolute Gasteiger partial charge is 0.383 e. The van der Waals surface area contributed by atoms with E-state index in [1.807, 2.05) is 85.9 Å². The number of nitrogens with two attached hydrogens (primary N) is 1. The molecule has 0 bridgehead atoms. The summed E-state index contributed by atoms with van der Waals surface area (Å²) in [5.74, 6) is -0.208. The van der Waals surface area contributed by atoms with Crippen LogP contribution in [0.2, 0.25) is 0 Å². The van der Waals surface area contributed by atoms with Crippen molar-refractivity contribution in [2.24, 2.45) is 5.10 Å². The molecule has 8 heteroatoms. The van der Waals surface area contributed by atoms with Crippen LogP contribution in [0.25, 0.3) is 33.1 Å². The normalized spacial score (nSPS) is 11.7. The van der Waals surface area contributed by atoms with Gasteiger partial charge in [0.25, 0.3) is 5.91 Å². The van der Waals surface area contributed by atoms with Crippen LogP contribution in [0, 0.1) is 6.92 Å². The van der Waals surface area contributed by atoms with E-state index in [9.17, 15) is 4.79 Å². The first-order valence-corrected chi connectivity index (χ1v) is 11.1. The summed E-state index contributed by atoms with van der Waals surface area (Å²) >= 11 is 0. The fourth-order valence-electron chi connectivity index (χ4n) is 4.23. The van der Waals surface area contributed by atoms with Crippen molar-refractivity contribution in [1.82, 2.24) is 19.6 Å². The van der Waals surface area contributed by atoms with Crippen LogP contribution in [0.3, 0.4) is 0 Å². The van der Waals surface area contributed by atoms with E-state index < -0.39 is 0 Å². The number of nitrogen functional groups attached to an aromatic ring is 1. The number of nitrogens with zero attached hydrogens (tertiary/aromatic N) is 4. The van der Waals surface area contributed by atoms with Gasteiger partial charge in [-0.1, -0.05) is 42.5 Å². The lowest BCUT2D eigenvalue weighted by atomic mass is 10.2. The number of hydrogen-bond acceptors (Lipinski definition) is 5. The van der Waals surface area contributed by atoms with Crippen molar-refractivity contribution in [3.8, 4) is 0 Å². The van der Waals surface area contributed by atoms with E-state index in [4.69, 9.17) is 15.7 Å². The summed E-state index contributed by atoms with van der Waals surface area (Å²) in [7, 11) is 0. The van der Waals surface area contributed by atoms with Gasteiger partial charge in [0.05, 0.1) is 17.2 Å². The van der Waals surface area contributed by atoms with Crippen molar-refractivity contribution in [2.75, 3.05) is 11.1 Å². The van der Waals surface area contributed by atoms with Gasteiger partial charge >= 0.3 is 0 Å². The minimum atomic E-state index is -0.372. The number of aryl methyl sites for hydroxylation is 1. The Morgan fingerprint density at radius 1 is 1.03 bits per heavy atom. The van der Waals surface area contributed by atoms with Gasteiger partial charge in [-0.3, -0.25) is 4.79 Å². The molecule has 3 aromatic heterocycles. The Morgan fingerprint density at radius 3 is 2.63 bits per heavy atom. The number of fused-ring (bicyclic) bond motifs is 3. The Bertz CT molecular complexity index is 1780. The quantitative estimate of drug-likeness (QED) is 0.319. The maximum Gasteiger partial charge on any atom is 0.261 e.